The van der Waals surface area contributed by atoms with Gasteiger partial charge in [-0.3, -0.25) is 9.48 Å². The molecular formula is C13H9Cl2FN2O. The molecule has 0 saturated heterocycles. The summed E-state index contributed by atoms with van der Waals surface area (Å²) in [6.45, 7) is 0. The number of hydrogen-bond acceptors (Lipinski definition) is 2. The zero-order chi connectivity index (χ0) is 14.0. The van der Waals surface area contributed by atoms with Crippen LogP contribution in [-0.4, -0.2) is 15.6 Å². The summed E-state index contributed by atoms with van der Waals surface area (Å²) in [5.41, 5.74) is 0.275. The Morgan fingerprint density at radius 3 is 2.68 bits per heavy atom. The van der Waals surface area contributed by atoms with Gasteiger partial charge in [-0.1, -0.05) is 29.3 Å². The van der Waals surface area contributed by atoms with Gasteiger partial charge in [0.2, 0.25) is 5.78 Å². The van der Waals surface area contributed by atoms with Gasteiger partial charge < -0.3 is 0 Å². The van der Waals surface area contributed by atoms with Crippen LogP contribution in [0.4, 0.5) is 4.39 Å². The zero-order valence-electron chi connectivity index (χ0n) is 9.90. The number of aromatic nitrogens is 2. The maximum absolute atomic E-state index is 13.5. The van der Waals surface area contributed by atoms with Gasteiger partial charge in [0.05, 0.1) is 10.0 Å². The Labute approximate surface area is 119 Å². The van der Waals surface area contributed by atoms with Gasteiger partial charge in [0.25, 0.3) is 0 Å². The topological polar surface area (TPSA) is 34.9 Å². The lowest BCUT2D eigenvalue weighted by Gasteiger charge is -1.99. The second-order valence-electron chi connectivity index (χ2n) is 3.83. The lowest BCUT2D eigenvalue weighted by atomic mass is 10.1. The van der Waals surface area contributed by atoms with E-state index >= 15 is 0 Å². The first-order chi connectivity index (χ1) is 8.99. The fourth-order valence-corrected chi connectivity index (χ4v) is 2.03. The van der Waals surface area contributed by atoms with Crippen LogP contribution in [0.15, 0.2) is 30.5 Å². The molecule has 0 aliphatic carbocycles. The van der Waals surface area contributed by atoms with Gasteiger partial charge in [0.15, 0.2) is 5.69 Å². The van der Waals surface area contributed by atoms with Crippen LogP contribution >= 0.6 is 23.2 Å². The number of halogens is 3. The minimum absolute atomic E-state index is 0.118. The second kappa shape index (κ2) is 5.55. The van der Waals surface area contributed by atoms with Crippen molar-refractivity contribution in [3.63, 3.8) is 0 Å². The number of carbonyl (C=O) groups is 1. The molecule has 0 N–H and O–H groups in total. The van der Waals surface area contributed by atoms with Gasteiger partial charge in [-0.2, -0.15) is 5.10 Å². The summed E-state index contributed by atoms with van der Waals surface area (Å²) >= 11 is 11.7. The fourth-order valence-electron chi connectivity index (χ4n) is 1.53. The average Bonchev–Trinajstić information content (AvgIpc) is 2.67. The first kappa shape index (κ1) is 13.8. The molecule has 0 spiro atoms. The van der Waals surface area contributed by atoms with E-state index in [1.165, 1.54) is 35.2 Å². The van der Waals surface area contributed by atoms with Crippen molar-refractivity contribution in [2.24, 2.45) is 7.05 Å². The minimum Gasteiger partial charge on any atom is -0.287 e. The van der Waals surface area contributed by atoms with Crippen LogP contribution < -0.4 is 0 Å². The van der Waals surface area contributed by atoms with Crippen molar-refractivity contribution in [3.8, 4) is 0 Å². The first-order valence-corrected chi connectivity index (χ1v) is 6.10. The second-order valence-corrected chi connectivity index (χ2v) is 4.65. The van der Waals surface area contributed by atoms with E-state index in [2.05, 4.69) is 5.10 Å². The molecule has 19 heavy (non-hydrogen) atoms. The summed E-state index contributed by atoms with van der Waals surface area (Å²) in [4.78, 5) is 11.9. The molecular weight excluding hydrogens is 290 g/mol. The van der Waals surface area contributed by atoms with Gasteiger partial charge >= 0.3 is 0 Å². The third-order valence-electron chi connectivity index (χ3n) is 2.42. The van der Waals surface area contributed by atoms with E-state index in [4.69, 9.17) is 23.2 Å². The Balaban J connectivity index is 2.28. The zero-order valence-corrected chi connectivity index (χ0v) is 11.4. The molecule has 3 nitrogen and oxygen atoms in total. The molecule has 1 aromatic heterocycles. The summed E-state index contributed by atoms with van der Waals surface area (Å²) in [6, 6.07) is 4.30. The smallest absolute Gasteiger partial charge is 0.207 e. The number of rotatable bonds is 3. The van der Waals surface area contributed by atoms with E-state index in [1.807, 2.05) is 0 Å². The first-order valence-electron chi connectivity index (χ1n) is 5.34. The van der Waals surface area contributed by atoms with Crippen LogP contribution in [0.1, 0.15) is 16.1 Å². The highest BCUT2D eigenvalue weighted by molar-refractivity contribution is 6.34. The van der Waals surface area contributed by atoms with E-state index in [9.17, 15) is 9.18 Å². The molecule has 1 aromatic carbocycles. The summed E-state index contributed by atoms with van der Waals surface area (Å²) < 4.78 is 14.9. The number of hydrogen-bond donors (Lipinski definition) is 0. The Morgan fingerprint density at radius 1 is 1.37 bits per heavy atom. The Kier molecular flexibility index (Phi) is 4.02. The van der Waals surface area contributed by atoms with Crippen molar-refractivity contribution in [2.45, 2.75) is 0 Å². The highest BCUT2D eigenvalue weighted by Crippen LogP contribution is 2.21. The van der Waals surface area contributed by atoms with E-state index in [1.54, 1.807) is 13.1 Å². The maximum atomic E-state index is 13.5. The number of aryl methyl sites for hydroxylation is 1. The van der Waals surface area contributed by atoms with Crippen LogP contribution in [0, 0.1) is 5.82 Å². The number of nitrogens with zero attached hydrogens (tertiary/aromatic N) is 2. The summed E-state index contributed by atoms with van der Waals surface area (Å²) in [5, 5.41) is 4.40. The predicted octanol–water partition coefficient (Wildman–Crippen LogP) is 3.76. The van der Waals surface area contributed by atoms with E-state index in [0.717, 1.165) is 0 Å². The van der Waals surface area contributed by atoms with Crippen molar-refractivity contribution >= 4 is 35.1 Å². The van der Waals surface area contributed by atoms with Crippen molar-refractivity contribution < 1.29 is 9.18 Å². The molecule has 0 saturated carbocycles. The largest absolute Gasteiger partial charge is 0.287 e. The molecule has 98 valence electrons. The van der Waals surface area contributed by atoms with Crippen LogP contribution in [0.25, 0.3) is 6.08 Å². The molecule has 0 unspecified atom stereocenters. The minimum atomic E-state index is -0.497. The SMILES string of the molecule is Cn1cc(Cl)c(C(=O)C=Cc2c(F)cccc2Cl)n1. The average molecular weight is 299 g/mol. The molecule has 6 heteroatoms. The van der Waals surface area contributed by atoms with Crippen molar-refractivity contribution in [3.05, 3.63) is 57.6 Å². The highest BCUT2D eigenvalue weighted by atomic mass is 35.5. The summed E-state index contributed by atoms with van der Waals surface area (Å²) in [5.74, 6) is -0.909. The monoisotopic (exact) mass is 298 g/mol. The normalized spacial score (nSPS) is 11.2. The van der Waals surface area contributed by atoms with Crippen molar-refractivity contribution in [2.75, 3.05) is 0 Å². The highest BCUT2D eigenvalue weighted by Gasteiger charge is 2.12. The molecule has 0 fully saturated rings. The van der Waals surface area contributed by atoms with Gasteiger partial charge in [-0.15, -0.1) is 0 Å². The van der Waals surface area contributed by atoms with E-state index in [-0.39, 0.29) is 21.3 Å². The maximum Gasteiger partial charge on any atom is 0.207 e. The Bertz CT molecular complexity index is 644. The molecule has 0 bridgehead atoms. The third-order valence-corrected chi connectivity index (χ3v) is 3.02. The fraction of sp³-hybridized carbons (Fsp3) is 0.0769. The Morgan fingerprint density at radius 2 is 2.11 bits per heavy atom. The van der Waals surface area contributed by atoms with Crippen molar-refractivity contribution in [1.29, 1.82) is 0 Å². The van der Waals surface area contributed by atoms with Gasteiger partial charge in [0, 0.05) is 18.8 Å². The van der Waals surface area contributed by atoms with Gasteiger partial charge in [-0.25, -0.2) is 4.39 Å². The van der Waals surface area contributed by atoms with Crippen LogP contribution in [-0.2, 0) is 7.05 Å². The number of carbonyl (C=O) groups excluding carboxylic acids is 1. The quantitative estimate of drug-likeness (QED) is 0.639. The number of benzene rings is 1. The standard InChI is InChI=1S/C13H9Cl2FN2O/c1-18-7-10(15)13(17-18)12(19)6-5-8-9(14)3-2-4-11(8)16/h2-7H,1H3. The van der Waals surface area contributed by atoms with Gasteiger partial charge in [0.1, 0.15) is 5.82 Å². The number of allylic oxidation sites excluding steroid dienone is 1. The molecule has 2 rings (SSSR count). The molecule has 2 aromatic rings. The van der Waals surface area contributed by atoms with E-state index < -0.39 is 11.6 Å². The van der Waals surface area contributed by atoms with Crippen molar-refractivity contribution in [1.82, 2.24) is 9.78 Å². The van der Waals surface area contributed by atoms with Crippen LogP contribution in [0.3, 0.4) is 0 Å². The molecule has 0 atom stereocenters. The summed E-state index contributed by atoms with van der Waals surface area (Å²) in [6.07, 6.45) is 4.02. The third kappa shape index (κ3) is 3.03. The predicted molar refractivity (Wildman–Crippen MR) is 73.0 cm³/mol. The number of ketones is 1. The van der Waals surface area contributed by atoms with E-state index in [0.29, 0.717) is 0 Å². The molecule has 0 radical (unpaired) electrons. The molecule has 0 aliphatic heterocycles. The van der Waals surface area contributed by atoms with Crippen LogP contribution in [0.2, 0.25) is 10.0 Å². The molecule has 1 heterocycles. The summed E-state index contributed by atoms with van der Waals surface area (Å²) in [7, 11) is 1.65. The lowest BCUT2D eigenvalue weighted by molar-refractivity contribution is 0.104. The van der Waals surface area contributed by atoms with Gasteiger partial charge in [-0.05, 0) is 24.3 Å². The Hall–Kier alpha value is -1.65. The van der Waals surface area contributed by atoms with Crippen LogP contribution in [0.5, 0.6) is 0 Å². The molecule has 0 aliphatic rings. The molecule has 0 amide bonds. The lowest BCUT2D eigenvalue weighted by Crippen LogP contribution is -1.98.